The first-order valence-corrected chi connectivity index (χ1v) is 9.62. The van der Waals surface area contributed by atoms with E-state index in [4.69, 9.17) is 4.74 Å². The van der Waals surface area contributed by atoms with Gasteiger partial charge in [0.15, 0.2) is 5.69 Å². The summed E-state index contributed by atoms with van der Waals surface area (Å²) in [7, 11) is 0. The van der Waals surface area contributed by atoms with Crippen LogP contribution in [0.2, 0.25) is 0 Å². The highest BCUT2D eigenvalue weighted by Crippen LogP contribution is 2.18. The highest BCUT2D eigenvalue weighted by atomic mass is 127. The zero-order valence-electron chi connectivity index (χ0n) is 15.2. The van der Waals surface area contributed by atoms with Crippen LogP contribution in [0, 0.1) is 9.39 Å². The summed E-state index contributed by atoms with van der Waals surface area (Å²) in [6.07, 6.45) is 0. The second-order valence-corrected chi connectivity index (χ2v) is 6.95. The molecule has 148 valence electrons. The molecule has 0 atom stereocenters. The first-order valence-electron chi connectivity index (χ1n) is 8.54. The van der Waals surface area contributed by atoms with E-state index in [0.717, 1.165) is 10.7 Å². The lowest BCUT2D eigenvalue weighted by Gasteiger charge is -2.13. The molecule has 1 N–H and O–H groups in total. The largest absolute Gasteiger partial charge is 0.461 e. The van der Waals surface area contributed by atoms with Crippen molar-refractivity contribution < 1.29 is 18.7 Å². The zero-order chi connectivity index (χ0) is 21.0. The van der Waals surface area contributed by atoms with Crippen LogP contribution >= 0.6 is 22.6 Å². The van der Waals surface area contributed by atoms with Crippen LogP contribution < -0.4 is 10.9 Å². The van der Waals surface area contributed by atoms with Gasteiger partial charge in [-0.2, -0.15) is 9.78 Å². The normalized spacial score (nSPS) is 10.4. The molecule has 0 fully saturated rings. The van der Waals surface area contributed by atoms with Crippen molar-refractivity contribution in [2.45, 2.75) is 6.92 Å². The average molecular weight is 507 g/mol. The Morgan fingerprint density at radius 2 is 1.86 bits per heavy atom. The van der Waals surface area contributed by atoms with E-state index in [1.165, 1.54) is 24.3 Å². The Bertz CT molecular complexity index is 1130. The smallest absolute Gasteiger partial charge is 0.360 e. The lowest BCUT2D eigenvalue weighted by Crippen LogP contribution is -2.27. The quantitative estimate of drug-likeness (QED) is 0.423. The minimum absolute atomic E-state index is 0.0727. The second kappa shape index (κ2) is 8.95. The van der Waals surface area contributed by atoms with E-state index in [1.54, 1.807) is 31.2 Å². The van der Waals surface area contributed by atoms with Crippen LogP contribution in [0.5, 0.6) is 0 Å². The number of nitrogens with one attached hydrogen (secondary N) is 1. The average Bonchev–Trinajstić information content (AvgIpc) is 2.69. The van der Waals surface area contributed by atoms with Gasteiger partial charge in [0.05, 0.1) is 23.5 Å². The standard InChI is InChI=1S/C20H15FIN3O4/c1-2-29-20(28)18-16(23-19(27)14-5-3-4-6-15(14)22)11-17(26)25(24-18)13-9-7-12(21)8-10-13/h3-11H,2H2,1H3,(H,23,27). The molecular formula is C20H15FIN3O4. The van der Waals surface area contributed by atoms with Gasteiger partial charge in [0.2, 0.25) is 0 Å². The number of carbonyl (C=O) groups is 2. The number of aromatic nitrogens is 2. The molecule has 1 heterocycles. The Morgan fingerprint density at radius 1 is 1.17 bits per heavy atom. The third-order valence-electron chi connectivity index (χ3n) is 3.84. The van der Waals surface area contributed by atoms with Crippen molar-refractivity contribution >= 4 is 40.2 Å². The predicted molar refractivity (Wildman–Crippen MR) is 113 cm³/mol. The molecule has 0 radical (unpaired) electrons. The summed E-state index contributed by atoms with van der Waals surface area (Å²) in [6.45, 7) is 1.71. The lowest BCUT2D eigenvalue weighted by molar-refractivity contribution is 0.0518. The molecule has 0 unspecified atom stereocenters. The number of halogens is 2. The number of hydrogen-bond acceptors (Lipinski definition) is 5. The predicted octanol–water partition coefficient (Wildman–Crippen LogP) is 3.41. The number of ether oxygens (including phenoxy) is 1. The van der Waals surface area contributed by atoms with Gasteiger partial charge < -0.3 is 10.1 Å². The molecule has 1 amide bonds. The van der Waals surface area contributed by atoms with E-state index in [0.29, 0.717) is 9.13 Å². The zero-order valence-corrected chi connectivity index (χ0v) is 17.3. The summed E-state index contributed by atoms with van der Waals surface area (Å²) in [5.74, 6) is -1.78. The molecule has 0 saturated carbocycles. The van der Waals surface area contributed by atoms with E-state index < -0.39 is 23.3 Å². The van der Waals surface area contributed by atoms with Crippen LogP contribution in [0.25, 0.3) is 5.69 Å². The molecule has 0 saturated heterocycles. The Balaban J connectivity index is 2.06. The molecule has 7 nitrogen and oxygen atoms in total. The molecule has 0 spiro atoms. The minimum atomic E-state index is -0.804. The van der Waals surface area contributed by atoms with Gasteiger partial charge in [-0.15, -0.1) is 0 Å². The summed E-state index contributed by atoms with van der Waals surface area (Å²) in [4.78, 5) is 37.6. The Labute approximate surface area is 178 Å². The highest BCUT2D eigenvalue weighted by Gasteiger charge is 2.21. The number of hydrogen-bond donors (Lipinski definition) is 1. The van der Waals surface area contributed by atoms with Crippen molar-refractivity contribution in [3.05, 3.63) is 85.6 Å². The first-order chi connectivity index (χ1) is 13.9. The van der Waals surface area contributed by atoms with Crippen molar-refractivity contribution in [2.75, 3.05) is 11.9 Å². The molecule has 9 heteroatoms. The Hall–Kier alpha value is -3.08. The fraction of sp³-hybridized carbons (Fsp3) is 0.100. The summed E-state index contributed by atoms with van der Waals surface area (Å²) < 4.78 is 19.8. The fourth-order valence-corrected chi connectivity index (χ4v) is 3.14. The van der Waals surface area contributed by atoms with E-state index in [2.05, 4.69) is 10.4 Å². The Kier molecular flexibility index (Phi) is 6.37. The molecule has 29 heavy (non-hydrogen) atoms. The van der Waals surface area contributed by atoms with Gasteiger partial charge in [-0.25, -0.2) is 9.18 Å². The van der Waals surface area contributed by atoms with Gasteiger partial charge in [-0.1, -0.05) is 12.1 Å². The van der Waals surface area contributed by atoms with Gasteiger partial charge in [-0.3, -0.25) is 9.59 Å². The van der Waals surface area contributed by atoms with Crippen molar-refractivity contribution in [3.8, 4) is 5.69 Å². The van der Waals surface area contributed by atoms with Gasteiger partial charge in [-0.05, 0) is 65.9 Å². The SMILES string of the molecule is CCOC(=O)c1nn(-c2ccc(F)cc2)c(=O)cc1NC(=O)c1ccccc1I. The van der Waals surface area contributed by atoms with E-state index in [9.17, 15) is 18.8 Å². The monoisotopic (exact) mass is 507 g/mol. The lowest BCUT2D eigenvalue weighted by atomic mass is 10.2. The molecule has 0 aliphatic heterocycles. The summed E-state index contributed by atoms with van der Waals surface area (Å²) in [6, 6.07) is 13.0. The molecule has 3 rings (SSSR count). The highest BCUT2D eigenvalue weighted by molar-refractivity contribution is 14.1. The van der Waals surface area contributed by atoms with Crippen LogP contribution in [0.3, 0.4) is 0 Å². The van der Waals surface area contributed by atoms with Crippen LogP contribution in [0.1, 0.15) is 27.8 Å². The number of carbonyl (C=O) groups excluding carboxylic acids is 2. The second-order valence-electron chi connectivity index (χ2n) is 5.79. The number of benzene rings is 2. The number of esters is 1. The number of anilines is 1. The number of nitrogens with zero attached hydrogens (tertiary/aromatic N) is 2. The number of amides is 1. The molecule has 2 aromatic carbocycles. The topological polar surface area (TPSA) is 90.3 Å². The third kappa shape index (κ3) is 4.67. The van der Waals surface area contributed by atoms with Crippen molar-refractivity contribution in [1.82, 2.24) is 9.78 Å². The summed E-state index contributed by atoms with van der Waals surface area (Å²) >= 11 is 2.01. The van der Waals surface area contributed by atoms with Crippen molar-refractivity contribution in [3.63, 3.8) is 0 Å². The molecule has 0 bridgehead atoms. The molecular weight excluding hydrogens is 492 g/mol. The van der Waals surface area contributed by atoms with Crippen molar-refractivity contribution in [2.24, 2.45) is 0 Å². The van der Waals surface area contributed by atoms with Crippen LogP contribution in [-0.4, -0.2) is 28.3 Å². The minimum Gasteiger partial charge on any atom is -0.461 e. The molecule has 1 aromatic heterocycles. The summed E-state index contributed by atoms with van der Waals surface area (Å²) in [5.41, 5.74) is -0.280. The maximum Gasteiger partial charge on any atom is 0.360 e. The van der Waals surface area contributed by atoms with Gasteiger partial charge in [0, 0.05) is 9.64 Å². The first kappa shape index (κ1) is 20.6. The van der Waals surface area contributed by atoms with E-state index >= 15 is 0 Å². The van der Waals surface area contributed by atoms with Gasteiger partial charge >= 0.3 is 5.97 Å². The molecule has 0 aliphatic rings. The Morgan fingerprint density at radius 3 is 2.52 bits per heavy atom. The van der Waals surface area contributed by atoms with Crippen molar-refractivity contribution in [1.29, 1.82) is 0 Å². The molecule has 3 aromatic rings. The van der Waals surface area contributed by atoms with Crippen LogP contribution in [0.15, 0.2) is 59.4 Å². The van der Waals surface area contributed by atoms with Gasteiger partial charge in [0.1, 0.15) is 5.82 Å². The number of rotatable bonds is 5. The molecule has 0 aliphatic carbocycles. The van der Waals surface area contributed by atoms with E-state index in [1.807, 2.05) is 22.6 Å². The fourth-order valence-electron chi connectivity index (χ4n) is 2.50. The van der Waals surface area contributed by atoms with E-state index in [-0.39, 0.29) is 23.7 Å². The van der Waals surface area contributed by atoms with Crippen LogP contribution in [-0.2, 0) is 4.74 Å². The maximum atomic E-state index is 13.2. The van der Waals surface area contributed by atoms with Gasteiger partial charge in [0.25, 0.3) is 11.5 Å². The summed E-state index contributed by atoms with van der Waals surface area (Å²) in [5, 5.41) is 6.61. The van der Waals surface area contributed by atoms with Crippen LogP contribution in [0.4, 0.5) is 10.1 Å². The third-order valence-corrected chi connectivity index (χ3v) is 4.78. The maximum absolute atomic E-state index is 13.2.